The minimum Gasteiger partial charge on any atom is -0.389 e. The first-order valence-electron chi connectivity index (χ1n) is 2.49. The Hall–Kier alpha value is -0.200. The molecule has 0 aromatic heterocycles. The molecule has 0 bridgehead atoms. The Labute approximate surface area is 52.6 Å². The molecule has 0 amide bonds. The van der Waals surface area contributed by atoms with E-state index in [0.717, 1.165) is 0 Å². The largest absolute Gasteiger partial charge is 0.389 e. The number of aliphatic hydroxyl groups is 4. The highest BCUT2D eigenvalue weighted by Crippen LogP contribution is 1.91. The van der Waals surface area contributed by atoms with Gasteiger partial charge in [-0.05, 0) is 6.92 Å². The molecule has 0 heterocycles. The van der Waals surface area contributed by atoms with Gasteiger partial charge in [0.05, 0.1) is 0 Å². The first kappa shape index (κ1) is 8.80. The van der Waals surface area contributed by atoms with Crippen LogP contribution in [0.2, 0.25) is 0 Å². The van der Waals surface area contributed by atoms with Crippen LogP contribution >= 0.6 is 0 Å². The zero-order valence-electron chi connectivity index (χ0n) is 5.07. The number of nitrogens with one attached hydrogen (secondary N) is 1. The third kappa shape index (κ3) is 4.31. The van der Waals surface area contributed by atoms with Crippen LogP contribution in [-0.2, 0) is 0 Å². The van der Waals surface area contributed by atoms with Crippen molar-refractivity contribution < 1.29 is 20.4 Å². The first-order valence-corrected chi connectivity index (χ1v) is 2.49. The van der Waals surface area contributed by atoms with E-state index in [1.54, 1.807) is 0 Å². The molecule has 0 spiro atoms. The summed E-state index contributed by atoms with van der Waals surface area (Å²) < 4.78 is 0. The van der Waals surface area contributed by atoms with E-state index < -0.39 is 18.7 Å². The molecule has 56 valence electrons. The maximum Gasteiger partial charge on any atom is 0.248 e. The maximum atomic E-state index is 8.53. The average Bonchev–Trinajstić information content (AvgIpc) is 1.63. The van der Waals surface area contributed by atoms with Gasteiger partial charge in [0, 0.05) is 0 Å². The summed E-state index contributed by atoms with van der Waals surface area (Å²) in [6, 6.07) is 0. The van der Waals surface area contributed by atoms with Crippen molar-refractivity contribution in [3.8, 4) is 0 Å². The number of hydrogen-bond donors (Lipinski definition) is 5. The molecule has 0 rings (SSSR count). The lowest BCUT2D eigenvalue weighted by atomic mass is 10.5. The van der Waals surface area contributed by atoms with Crippen molar-refractivity contribution in [1.29, 1.82) is 0 Å². The van der Waals surface area contributed by atoms with E-state index >= 15 is 0 Å². The Kier molecular flexibility index (Phi) is 3.02. The second-order valence-electron chi connectivity index (χ2n) is 1.80. The van der Waals surface area contributed by atoms with Crippen LogP contribution in [0.15, 0.2) is 0 Å². The van der Waals surface area contributed by atoms with Crippen LogP contribution in [0.4, 0.5) is 0 Å². The van der Waals surface area contributed by atoms with Gasteiger partial charge in [-0.1, -0.05) is 0 Å². The summed E-state index contributed by atoms with van der Waals surface area (Å²) in [7, 11) is 0. The van der Waals surface area contributed by atoms with Crippen molar-refractivity contribution in [3.05, 3.63) is 0 Å². The van der Waals surface area contributed by atoms with Crippen molar-refractivity contribution in [2.24, 2.45) is 0 Å². The Balaban J connectivity index is 3.58. The molecule has 0 radical (unpaired) electrons. The van der Waals surface area contributed by atoms with Gasteiger partial charge in [0.2, 0.25) is 5.91 Å². The lowest BCUT2D eigenvalue weighted by Crippen LogP contribution is -2.52. The summed E-state index contributed by atoms with van der Waals surface area (Å²) in [5.74, 6) is -2.38. The fourth-order valence-electron chi connectivity index (χ4n) is 0.380. The second-order valence-corrected chi connectivity index (χ2v) is 1.80. The Morgan fingerprint density at radius 3 is 2.11 bits per heavy atom. The summed E-state index contributed by atoms with van der Waals surface area (Å²) in [6.07, 6.45) is -1.06. The van der Waals surface area contributed by atoms with E-state index in [1.165, 1.54) is 6.92 Å². The van der Waals surface area contributed by atoms with Crippen LogP contribution < -0.4 is 5.32 Å². The average molecular weight is 137 g/mol. The number of aliphatic hydroxyl groups excluding tert-OH is 2. The van der Waals surface area contributed by atoms with Gasteiger partial charge in [0.25, 0.3) is 0 Å². The van der Waals surface area contributed by atoms with E-state index in [-0.39, 0.29) is 0 Å². The Morgan fingerprint density at radius 1 is 1.56 bits per heavy atom. The molecule has 1 unspecified atom stereocenters. The Bertz CT molecular complexity index is 82.6. The topological polar surface area (TPSA) is 93.0 Å². The van der Waals surface area contributed by atoms with Gasteiger partial charge in [0.1, 0.15) is 12.8 Å². The summed E-state index contributed by atoms with van der Waals surface area (Å²) >= 11 is 0. The van der Waals surface area contributed by atoms with Gasteiger partial charge in [-0.2, -0.15) is 0 Å². The summed E-state index contributed by atoms with van der Waals surface area (Å²) in [4.78, 5) is 0. The third-order valence-electron chi connectivity index (χ3n) is 0.661. The standard InChI is InChI=1S/C4H11NO4/c1-3(7)5-4(8,9)2-6/h3,5-9H,2H2,1H3. The lowest BCUT2D eigenvalue weighted by Gasteiger charge is -2.21. The van der Waals surface area contributed by atoms with Crippen LogP contribution in [0.3, 0.4) is 0 Å². The summed E-state index contributed by atoms with van der Waals surface area (Å²) in [6.45, 7) is 0.439. The minimum absolute atomic E-state index is 0.863. The van der Waals surface area contributed by atoms with Gasteiger partial charge in [-0.15, -0.1) is 0 Å². The van der Waals surface area contributed by atoms with Crippen molar-refractivity contribution in [3.63, 3.8) is 0 Å². The van der Waals surface area contributed by atoms with E-state index in [2.05, 4.69) is 0 Å². The minimum atomic E-state index is -2.38. The fraction of sp³-hybridized carbons (Fsp3) is 1.00. The van der Waals surface area contributed by atoms with E-state index in [1.807, 2.05) is 5.32 Å². The van der Waals surface area contributed by atoms with Crippen LogP contribution in [0.1, 0.15) is 6.92 Å². The highest BCUT2D eigenvalue weighted by molar-refractivity contribution is 4.58. The molecule has 0 saturated carbocycles. The van der Waals surface area contributed by atoms with Crippen LogP contribution in [0.25, 0.3) is 0 Å². The van der Waals surface area contributed by atoms with Crippen LogP contribution in [0, 0.1) is 0 Å². The molecular weight excluding hydrogens is 126 g/mol. The van der Waals surface area contributed by atoms with Crippen LogP contribution in [0.5, 0.6) is 0 Å². The monoisotopic (exact) mass is 137 g/mol. The van der Waals surface area contributed by atoms with E-state index in [0.29, 0.717) is 0 Å². The molecule has 0 aromatic rings. The zero-order chi connectivity index (χ0) is 7.49. The predicted octanol–water partition coefficient (Wildman–Crippen LogP) is -2.45. The molecule has 0 saturated heterocycles. The van der Waals surface area contributed by atoms with Gasteiger partial charge in [-0.25, -0.2) is 5.32 Å². The number of rotatable bonds is 3. The quantitative estimate of drug-likeness (QED) is 0.278. The van der Waals surface area contributed by atoms with E-state index in [9.17, 15) is 0 Å². The van der Waals surface area contributed by atoms with Crippen molar-refractivity contribution >= 4 is 0 Å². The SMILES string of the molecule is CC(O)NC(O)(O)CO. The maximum absolute atomic E-state index is 8.53. The molecule has 0 aliphatic heterocycles. The molecule has 1 atom stereocenters. The summed E-state index contributed by atoms with van der Waals surface area (Å²) in [5.41, 5.74) is 0. The molecule has 0 fully saturated rings. The van der Waals surface area contributed by atoms with Gasteiger partial charge >= 0.3 is 0 Å². The smallest absolute Gasteiger partial charge is 0.248 e. The third-order valence-corrected chi connectivity index (χ3v) is 0.661. The molecule has 5 N–H and O–H groups in total. The molecule has 0 aromatic carbocycles. The number of hydrogen-bond acceptors (Lipinski definition) is 5. The summed E-state index contributed by atoms with van der Waals surface area (Å²) in [5, 5.41) is 35.6. The molecule has 5 nitrogen and oxygen atoms in total. The second kappa shape index (κ2) is 3.09. The van der Waals surface area contributed by atoms with Gasteiger partial charge in [0.15, 0.2) is 0 Å². The molecule has 0 aliphatic rings. The highest BCUT2D eigenvalue weighted by Gasteiger charge is 2.22. The van der Waals surface area contributed by atoms with Crippen molar-refractivity contribution in [2.75, 3.05) is 6.61 Å². The van der Waals surface area contributed by atoms with Crippen LogP contribution in [-0.4, -0.2) is 39.2 Å². The predicted molar refractivity (Wildman–Crippen MR) is 29.1 cm³/mol. The zero-order valence-corrected chi connectivity index (χ0v) is 5.07. The highest BCUT2D eigenvalue weighted by atomic mass is 16.5. The van der Waals surface area contributed by atoms with Crippen molar-refractivity contribution in [2.45, 2.75) is 19.1 Å². The molecule has 0 aliphatic carbocycles. The molecule has 5 heteroatoms. The normalized spacial score (nSPS) is 15.7. The van der Waals surface area contributed by atoms with Gasteiger partial charge < -0.3 is 20.4 Å². The van der Waals surface area contributed by atoms with Gasteiger partial charge in [-0.3, -0.25) is 0 Å². The molecule has 9 heavy (non-hydrogen) atoms. The van der Waals surface area contributed by atoms with Crippen molar-refractivity contribution in [1.82, 2.24) is 5.32 Å². The van der Waals surface area contributed by atoms with E-state index in [4.69, 9.17) is 20.4 Å². The molecular formula is C4H11NO4. The first-order chi connectivity index (χ1) is 3.98. The Morgan fingerprint density at radius 2 is 2.00 bits per heavy atom. The lowest BCUT2D eigenvalue weighted by molar-refractivity contribution is -0.225. The fourth-order valence-corrected chi connectivity index (χ4v) is 0.380.